The van der Waals surface area contributed by atoms with Gasteiger partial charge in [0.15, 0.2) is 5.82 Å². The zero-order valence-corrected chi connectivity index (χ0v) is 11.2. The molecule has 0 aliphatic carbocycles. The van der Waals surface area contributed by atoms with Gasteiger partial charge in [0.05, 0.1) is 5.54 Å². The van der Waals surface area contributed by atoms with Gasteiger partial charge in [0.2, 0.25) is 5.89 Å². The Bertz CT molecular complexity index is 534. The molecular formula is C14H18FN3O. The van der Waals surface area contributed by atoms with Gasteiger partial charge in [-0.2, -0.15) is 4.98 Å². The van der Waals surface area contributed by atoms with Gasteiger partial charge < -0.3 is 10.3 Å². The van der Waals surface area contributed by atoms with Crippen LogP contribution in [0.2, 0.25) is 0 Å². The molecule has 1 atom stereocenters. The molecule has 2 aromatic rings. The van der Waals surface area contributed by atoms with E-state index < -0.39 is 5.54 Å². The lowest BCUT2D eigenvalue weighted by molar-refractivity contribution is 0.282. The van der Waals surface area contributed by atoms with E-state index in [1.54, 1.807) is 12.1 Å². The van der Waals surface area contributed by atoms with Gasteiger partial charge >= 0.3 is 0 Å². The molecule has 2 N–H and O–H groups in total. The van der Waals surface area contributed by atoms with E-state index in [1.165, 1.54) is 12.1 Å². The Balaban J connectivity index is 2.11. The molecule has 0 spiro atoms. The van der Waals surface area contributed by atoms with Gasteiger partial charge in [-0.3, -0.25) is 0 Å². The van der Waals surface area contributed by atoms with Crippen molar-refractivity contribution in [3.63, 3.8) is 0 Å². The van der Waals surface area contributed by atoms with Gasteiger partial charge in [-0.1, -0.05) is 30.6 Å². The molecule has 5 heteroatoms. The van der Waals surface area contributed by atoms with E-state index in [9.17, 15) is 4.39 Å². The Hall–Kier alpha value is -1.75. The fourth-order valence-electron chi connectivity index (χ4n) is 1.97. The zero-order chi connectivity index (χ0) is 13.9. The van der Waals surface area contributed by atoms with Crippen LogP contribution in [0.3, 0.4) is 0 Å². The third-order valence-electron chi connectivity index (χ3n) is 3.00. The predicted octanol–water partition coefficient (Wildman–Crippen LogP) is 2.77. The Morgan fingerprint density at radius 1 is 1.32 bits per heavy atom. The fraction of sp³-hybridized carbons (Fsp3) is 0.429. The van der Waals surface area contributed by atoms with E-state index >= 15 is 0 Å². The second kappa shape index (κ2) is 5.48. The second-order valence-electron chi connectivity index (χ2n) is 4.99. The van der Waals surface area contributed by atoms with Crippen LogP contribution in [0.5, 0.6) is 0 Å². The van der Waals surface area contributed by atoms with E-state index in [2.05, 4.69) is 17.1 Å². The van der Waals surface area contributed by atoms with Gasteiger partial charge in [-0.15, -0.1) is 0 Å². The number of halogens is 1. The van der Waals surface area contributed by atoms with Crippen LogP contribution in [0.25, 0.3) is 0 Å². The maximum Gasteiger partial charge on any atom is 0.246 e. The molecule has 0 aliphatic rings. The van der Waals surface area contributed by atoms with Crippen LogP contribution in [0.15, 0.2) is 28.8 Å². The van der Waals surface area contributed by atoms with Gasteiger partial charge in [0, 0.05) is 6.42 Å². The molecule has 0 aliphatic heterocycles. The van der Waals surface area contributed by atoms with Crippen molar-refractivity contribution in [1.82, 2.24) is 10.1 Å². The first-order valence-corrected chi connectivity index (χ1v) is 6.37. The SMILES string of the molecule is CCCC(C)(N)c1nc(Cc2ccc(F)cc2)no1. The van der Waals surface area contributed by atoms with Crippen LogP contribution < -0.4 is 5.73 Å². The van der Waals surface area contributed by atoms with Crippen molar-refractivity contribution >= 4 is 0 Å². The lowest BCUT2D eigenvalue weighted by Crippen LogP contribution is -2.33. The number of aromatic nitrogens is 2. The Kier molecular flexibility index (Phi) is 3.95. The van der Waals surface area contributed by atoms with Gasteiger partial charge in [0.25, 0.3) is 0 Å². The van der Waals surface area contributed by atoms with Crippen LogP contribution in [0.4, 0.5) is 4.39 Å². The zero-order valence-electron chi connectivity index (χ0n) is 11.2. The average Bonchev–Trinajstić information content (AvgIpc) is 2.81. The molecule has 0 saturated heterocycles. The molecule has 4 nitrogen and oxygen atoms in total. The fourth-order valence-corrected chi connectivity index (χ4v) is 1.97. The molecular weight excluding hydrogens is 245 g/mol. The second-order valence-corrected chi connectivity index (χ2v) is 4.99. The summed E-state index contributed by atoms with van der Waals surface area (Å²) in [5, 5.41) is 3.92. The minimum Gasteiger partial charge on any atom is -0.337 e. The summed E-state index contributed by atoms with van der Waals surface area (Å²) in [4.78, 5) is 4.32. The lowest BCUT2D eigenvalue weighted by atomic mass is 9.98. The first kappa shape index (κ1) is 13.7. The molecule has 1 heterocycles. The monoisotopic (exact) mass is 263 g/mol. The van der Waals surface area contributed by atoms with Crippen LogP contribution in [-0.2, 0) is 12.0 Å². The molecule has 1 aromatic carbocycles. The Morgan fingerprint density at radius 2 is 2.00 bits per heavy atom. The molecule has 1 unspecified atom stereocenters. The normalized spacial score (nSPS) is 14.3. The van der Waals surface area contributed by atoms with Crippen LogP contribution in [0, 0.1) is 5.82 Å². The smallest absolute Gasteiger partial charge is 0.246 e. The molecule has 1 aromatic heterocycles. The maximum atomic E-state index is 12.8. The minimum atomic E-state index is -0.594. The summed E-state index contributed by atoms with van der Waals surface area (Å²) in [7, 11) is 0. The van der Waals surface area contributed by atoms with Crippen molar-refractivity contribution in [2.75, 3.05) is 0 Å². The Labute approximate surface area is 111 Å². The van der Waals surface area contributed by atoms with E-state index in [0.717, 1.165) is 18.4 Å². The first-order valence-electron chi connectivity index (χ1n) is 6.37. The number of hydrogen-bond donors (Lipinski definition) is 1. The summed E-state index contributed by atoms with van der Waals surface area (Å²) in [6, 6.07) is 6.25. The van der Waals surface area contributed by atoms with Crippen LogP contribution in [0.1, 0.15) is 44.0 Å². The Morgan fingerprint density at radius 3 is 2.63 bits per heavy atom. The molecule has 0 fully saturated rings. The summed E-state index contributed by atoms with van der Waals surface area (Å²) in [5.74, 6) is 0.760. The van der Waals surface area contributed by atoms with Gasteiger partial charge in [-0.25, -0.2) is 4.39 Å². The average molecular weight is 263 g/mol. The summed E-state index contributed by atoms with van der Waals surface area (Å²) in [6.45, 7) is 3.94. The van der Waals surface area contributed by atoms with Crippen molar-refractivity contribution in [1.29, 1.82) is 0 Å². The summed E-state index contributed by atoms with van der Waals surface area (Å²) < 4.78 is 18.0. The van der Waals surface area contributed by atoms with Crippen molar-refractivity contribution in [2.45, 2.75) is 38.6 Å². The van der Waals surface area contributed by atoms with E-state index in [1.807, 2.05) is 6.92 Å². The van der Waals surface area contributed by atoms with E-state index in [-0.39, 0.29) is 5.82 Å². The van der Waals surface area contributed by atoms with Crippen molar-refractivity contribution < 1.29 is 8.91 Å². The number of benzene rings is 1. The molecule has 0 radical (unpaired) electrons. The van der Waals surface area contributed by atoms with E-state index in [4.69, 9.17) is 10.3 Å². The lowest BCUT2D eigenvalue weighted by Gasteiger charge is -2.18. The maximum absolute atomic E-state index is 12.8. The largest absolute Gasteiger partial charge is 0.337 e. The molecule has 0 amide bonds. The standard InChI is InChI=1S/C14H18FN3O/c1-3-8-14(2,16)13-17-12(18-19-13)9-10-4-6-11(15)7-5-10/h4-7H,3,8-9,16H2,1-2H3. The summed E-state index contributed by atoms with van der Waals surface area (Å²) >= 11 is 0. The number of hydrogen-bond acceptors (Lipinski definition) is 4. The van der Waals surface area contributed by atoms with Gasteiger partial charge in [-0.05, 0) is 31.0 Å². The van der Waals surface area contributed by atoms with Crippen molar-refractivity contribution in [3.05, 3.63) is 47.4 Å². The first-order chi connectivity index (χ1) is 9.01. The highest BCUT2D eigenvalue weighted by Crippen LogP contribution is 2.21. The number of nitrogens with two attached hydrogens (primary N) is 1. The highest BCUT2D eigenvalue weighted by atomic mass is 19.1. The minimum absolute atomic E-state index is 0.255. The molecule has 102 valence electrons. The predicted molar refractivity (Wildman–Crippen MR) is 70.0 cm³/mol. The molecule has 0 saturated carbocycles. The molecule has 2 rings (SSSR count). The number of rotatable bonds is 5. The third kappa shape index (κ3) is 3.38. The molecule has 19 heavy (non-hydrogen) atoms. The van der Waals surface area contributed by atoms with E-state index in [0.29, 0.717) is 18.1 Å². The summed E-state index contributed by atoms with van der Waals surface area (Å²) in [6.07, 6.45) is 2.24. The van der Waals surface area contributed by atoms with Gasteiger partial charge in [0.1, 0.15) is 5.82 Å². The topological polar surface area (TPSA) is 64.9 Å². The van der Waals surface area contributed by atoms with Crippen molar-refractivity contribution in [2.24, 2.45) is 5.73 Å². The highest BCUT2D eigenvalue weighted by Gasteiger charge is 2.27. The van der Waals surface area contributed by atoms with Crippen LogP contribution >= 0.6 is 0 Å². The van der Waals surface area contributed by atoms with Crippen LogP contribution in [-0.4, -0.2) is 10.1 Å². The van der Waals surface area contributed by atoms with Crippen molar-refractivity contribution in [3.8, 4) is 0 Å². The number of nitrogens with zero attached hydrogens (tertiary/aromatic N) is 2. The summed E-state index contributed by atoms with van der Waals surface area (Å²) in [5.41, 5.74) is 6.47. The quantitative estimate of drug-likeness (QED) is 0.900. The molecule has 0 bridgehead atoms. The third-order valence-corrected chi connectivity index (χ3v) is 3.00. The highest BCUT2D eigenvalue weighted by molar-refractivity contribution is 5.19.